The van der Waals surface area contributed by atoms with Gasteiger partial charge in [-0.2, -0.15) is 0 Å². The Hall–Kier alpha value is -1.46. The Balaban J connectivity index is 1.85. The van der Waals surface area contributed by atoms with Gasteiger partial charge in [0, 0.05) is 12.1 Å². The van der Waals surface area contributed by atoms with Gasteiger partial charge in [-0.1, -0.05) is 36.5 Å². The number of ether oxygens (including phenoxy) is 1. The van der Waals surface area contributed by atoms with Crippen molar-refractivity contribution in [3.8, 4) is 0 Å². The number of carbonyl (C=O) groups excluding carboxylic acids is 1. The first-order valence-electron chi connectivity index (χ1n) is 6.38. The average Bonchev–Trinajstić information content (AvgIpc) is 2.83. The highest BCUT2D eigenvalue weighted by Gasteiger charge is 2.27. The van der Waals surface area contributed by atoms with E-state index in [9.17, 15) is 4.79 Å². The van der Waals surface area contributed by atoms with Gasteiger partial charge in [0.15, 0.2) is 0 Å². The molecule has 1 amide bonds. The summed E-state index contributed by atoms with van der Waals surface area (Å²) in [6.45, 7) is 2.48. The van der Waals surface area contributed by atoms with Gasteiger partial charge in [-0.05, 0) is 25.3 Å². The van der Waals surface area contributed by atoms with Crippen LogP contribution in [0.15, 0.2) is 24.3 Å². The summed E-state index contributed by atoms with van der Waals surface area (Å²) in [6, 6.07) is 7.54. The lowest BCUT2D eigenvalue weighted by atomic mass is 10.1. The van der Waals surface area contributed by atoms with Gasteiger partial charge in [-0.25, -0.2) is 0 Å². The minimum atomic E-state index is -0.300. The fourth-order valence-electron chi connectivity index (χ4n) is 2.09. The molecule has 19 heavy (non-hydrogen) atoms. The quantitative estimate of drug-likeness (QED) is 0.819. The molecule has 0 saturated carbocycles. The number of rotatable bonds is 4. The van der Waals surface area contributed by atoms with Crippen molar-refractivity contribution in [1.29, 1.82) is 0 Å². The van der Waals surface area contributed by atoms with Gasteiger partial charge < -0.3 is 15.8 Å². The second-order valence-corrected chi connectivity index (χ2v) is 5.23. The summed E-state index contributed by atoms with van der Waals surface area (Å²) >= 11 is 4.89. The number of hydrogen-bond donors (Lipinski definition) is 2. The van der Waals surface area contributed by atoms with Gasteiger partial charge >= 0.3 is 0 Å². The van der Waals surface area contributed by atoms with Crippen molar-refractivity contribution in [2.24, 2.45) is 5.73 Å². The SMILES string of the molecule is CC1CCC(C(=O)NCc2ccc(C(N)=S)cc2)O1. The van der Waals surface area contributed by atoms with Crippen LogP contribution < -0.4 is 11.1 Å². The minimum absolute atomic E-state index is 0.0391. The molecular formula is C14H18N2O2S. The van der Waals surface area contributed by atoms with Crippen molar-refractivity contribution in [3.05, 3.63) is 35.4 Å². The Kier molecular flexibility index (Phi) is 4.50. The Morgan fingerprint density at radius 3 is 2.63 bits per heavy atom. The van der Waals surface area contributed by atoms with Crippen molar-refractivity contribution in [2.45, 2.75) is 38.5 Å². The predicted molar refractivity (Wildman–Crippen MR) is 77.7 cm³/mol. The highest BCUT2D eigenvalue weighted by molar-refractivity contribution is 7.80. The van der Waals surface area contributed by atoms with Crippen LogP contribution in [-0.2, 0) is 16.1 Å². The molecule has 5 heteroatoms. The van der Waals surface area contributed by atoms with Crippen molar-refractivity contribution in [3.63, 3.8) is 0 Å². The molecule has 2 unspecified atom stereocenters. The number of carbonyl (C=O) groups is 1. The first kappa shape index (κ1) is 14.0. The van der Waals surface area contributed by atoms with Crippen molar-refractivity contribution in [2.75, 3.05) is 0 Å². The highest BCUT2D eigenvalue weighted by Crippen LogP contribution is 2.19. The van der Waals surface area contributed by atoms with Crippen molar-refractivity contribution >= 4 is 23.1 Å². The summed E-state index contributed by atoms with van der Waals surface area (Å²) in [7, 11) is 0. The summed E-state index contributed by atoms with van der Waals surface area (Å²) < 4.78 is 5.52. The van der Waals surface area contributed by atoms with Crippen LogP contribution in [0, 0.1) is 0 Å². The molecule has 0 bridgehead atoms. The maximum atomic E-state index is 11.9. The second-order valence-electron chi connectivity index (χ2n) is 4.79. The Bertz CT molecular complexity index is 473. The van der Waals surface area contributed by atoms with E-state index in [2.05, 4.69) is 5.32 Å². The van der Waals surface area contributed by atoms with E-state index in [-0.39, 0.29) is 18.1 Å². The first-order chi connectivity index (χ1) is 9.06. The predicted octanol–water partition coefficient (Wildman–Crippen LogP) is 1.50. The first-order valence-corrected chi connectivity index (χ1v) is 6.79. The summed E-state index contributed by atoms with van der Waals surface area (Å²) in [5, 5.41) is 2.88. The number of nitrogens with two attached hydrogens (primary N) is 1. The highest BCUT2D eigenvalue weighted by atomic mass is 32.1. The van der Waals surface area contributed by atoms with Crippen LogP contribution in [0.2, 0.25) is 0 Å². The van der Waals surface area contributed by atoms with E-state index >= 15 is 0 Å². The minimum Gasteiger partial charge on any atom is -0.389 e. The van der Waals surface area contributed by atoms with E-state index in [0.717, 1.165) is 24.0 Å². The summed E-state index contributed by atoms with van der Waals surface area (Å²) in [5.74, 6) is -0.0391. The standard InChI is InChI=1S/C14H18N2O2S/c1-9-2-7-12(18-9)14(17)16-8-10-3-5-11(6-4-10)13(15)19/h3-6,9,12H,2,7-8H2,1H3,(H2,15,19)(H,16,17). The van der Waals surface area contributed by atoms with E-state index in [1.54, 1.807) is 0 Å². The fraction of sp³-hybridized carbons (Fsp3) is 0.429. The second kappa shape index (κ2) is 6.12. The van der Waals surface area contributed by atoms with Crippen LogP contribution in [0.3, 0.4) is 0 Å². The van der Waals surface area contributed by atoms with Gasteiger partial charge in [0.1, 0.15) is 11.1 Å². The topological polar surface area (TPSA) is 64.4 Å². The summed E-state index contributed by atoms with van der Waals surface area (Å²) in [4.78, 5) is 12.2. The molecular weight excluding hydrogens is 260 g/mol. The fourth-order valence-corrected chi connectivity index (χ4v) is 2.22. The maximum absolute atomic E-state index is 11.9. The molecule has 1 aromatic carbocycles. The Morgan fingerprint density at radius 2 is 2.11 bits per heavy atom. The lowest BCUT2D eigenvalue weighted by molar-refractivity contribution is -0.131. The number of benzene rings is 1. The third-order valence-electron chi connectivity index (χ3n) is 3.23. The lowest BCUT2D eigenvalue weighted by Crippen LogP contribution is -2.34. The molecule has 0 aromatic heterocycles. The van der Waals surface area contributed by atoms with Gasteiger partial charge in [0.25, 0.3) is 0 Å². The zero-order valence-corrected chi connectivity index (χ0v) is 11.7. The molecule has 1 fully saturated rings. The maximum Gasteiger partial charge on any atom is 0.249 e. The van der Waals surface area contributed by atoms with Crippen LogP contribution in [0.5, 0.6) is 0 Å². The molecule has 1 aromatic rings. The van der Waals surface area contributed by atoms with Crippen LogP contribution in [0.4, 0.5) is 0 Å². The molecule has 1 aliphatic rings. The van der Waals surface area contributed by atoms with Crippen LogP contribution in [0.25, 0.3) is 0 Å². The van der Waals surface area contributed by atoms with Gasteiger partial charge in [0.05, 0.1) is 6.10 Å². The average molecular weight is 278 g/mol. The van der Waals surface area contributed by atoms with Crippen LogP contribution in [-0.4, -0.2) is 23.1 Å². The zero-order chi connectivity index (χ0) is 13.8. The molecule has 1 aliphatic heterocycles. The van der Waals surface area contributed by atoms with Crippen LogP contribution in [0.1, 0.15) is 30.9 Å². The normalized spacial score (nSPS) is 22.2. The largest absolute Gasteiger partial charge is 0.389 e. The van der Waals surface area contributed by atoms with E-state index in [0.29, 0.717) is 11.5 Å². The monoisotopic (exact) mass is 278 g/mol. The lowest BCUT2D eigenvalue weighted by Gasteiger charge is -2.11. The summed E-state index contributed by atoms with van der Waals surface area (Å²) in [6.07, 6.45) is 1.63. The van der Waals surface area contributed by atoms with Crippen molar-refractivity contribution < 1.29 is 9.53 Å². The number of nitrogens with one attached hydrogen (secondary N) is 1. The number of hydrogen-bond acceptors (Lipinski definition) is 3. The molecule has 102 valence electrons. The third kappa shape index (κ3) is 3.75. The molecule has 1 saturated heterocycles. The van der Waals surface area contributed by atoms with E-state index in [1.807, 2.05) is 31.2 Å². The van der Waals surface area contributed by atoms with Gasteiger partial charge in [-0.15, -0.1) is 0 Å². The molecule has 2 rings (SSSR count). The number of thiocarbonyl (C=S) groups is 1. The molecule has 0 spiro atoms. The van der Waals surface area contributed by atoms with E-state index < -0.39 is 0 Å². The molecule has 2 atom stereocenters. The van der Waals surface area contributed by atoms with Gasteiger partial charge in [0.2, 0.25) is 5.91 Å². The number of amides is 1. The third-order valence-corrected chi connectivity index (χ3v) is 3.47. The van der Waals surface area contributed by atoms with E-state index in [4.69, 9.17) is 22.7 Å². The molecule has 0 aliphatic carbocycles. The van der Waals surface area contributed by atoms with Crippen LogP contribution >= 0.6 is 12.2 Å². The van der Waals surface area contributed by atoms with Gasteiger partial charge in [-0.3, -0.25) is 4.79 Å². The Labute approximate surface area is 118 Å². The molecule has 1 heterocycles. The van der Waals surface area contributed by atoms with Crippen molar-refractivity contribution in [1.82, 2.24) is 5.32 Å². The molecule has 0 radical (unpaired) electrons. The Morgan fingerprint density at radius 1 is 1.42 bits per heavy atom. The smallest absolute Gasteiger partial charge is 0.249 e. The molecule has 4 nitrogen and oxygen atoms in total. The molecule has 3 N–H and O–H groups in total. The van der Waals surface area contributed by atoms with E-state index in [1.165, 1.54) is 0 Å². The summed E-state index contributed by atoms with van der Waals surface area (Å²) in [5.41, 5.74) is 7.37. The zero-order valence-electron chi connectivity index (χ0n) is 10.9.